The summed E-state index contributed by atoms with van der Waals surface area (Å²) in [6, 6.07) is 8.40. The monoisotopic (exact) mass is 255 g/mol. The van der Waals surface area contributed by atoms with Crippen LogP contribution in [0.25, 0.3) is 5.82 Å². The molecule has 2 N–H and O–H groups in total. The molecule has 100 valence electrons. The van der Waals surface area contributed by atoms with Crippen LogP contribution in [-0.2, 0) is 6.42 Å². The summed E-state index contributed by atoms with van der Waals surface area (Å²) in [5.74, 6) is 0.992. The number of pyridine rings is 1. The SMILES string of the molecule is Cc1cc2c(n1-c1ccccn1)CC(C)(C)CC2N. The second-order valence-corrected chi connectivity index (χ2v) is 6.36. The summed E-state index contributed by atoms with van der Waals surface area (Å²) in [5, 5.41) is 0. The Kier molecular flexibility index (Phi) is 2.75. The second-order valence-electron chi connectivity index (χ2n) is 6.36. The zero-order valence-electron chi connectivity index (χ0n) is 11.9. The number of aryl methyl sites for hydroxylation is 1. The number of hydrogen-bond donors (Lipinski definition) is 1. The fraction of sp³-hybridized carbons (Fsp3) is 0.438. The minimum Gasteiger partial charge on any atom is -0.324 e. The minimum absolute atomic E-state index is 0.141. The Bertz CT molecular complexity index is 596. The highest BCUT2D eigenvalue weighted by Gasteiger charge is 2.33. The van der Waals surface area contributed by atoms with Gasteiger partial charge in [-0.1, -0.05) is 19.9 Å². The molecule has 0 fully saturated rings. The summed E-state index contributed by atoms with van der Waals surface area (Å²) in [6.45, 7) is 6.72. The van der Waals surface area contributed by atoms with Crippen molar-refractivity contribution in [3.05, 3.63) is 47.4 Å². The third kappa shape index (κ3) is 2.08. The quantitative estimate of drug-likeness (QED) is 0.850. The lowest BCUT2D eigenvalue weighted by atomic mass is 9.74. The number of rotatable bonds is 1. The van der Waals surface area contributed by atoms with Crippen LogP contribution in [-0.4, -0.2) is 9.55 Å². The molecule has 1 aliphatic rings. The lowest BCUT2D eigenvalue weighted by molar-refractivity contribution is 0.278. The molecule has 0 bridgehead atoms. The van der Waals surface area contributed by atoms with E-state index in [0.717, 1.165) is 18.7 Å². The van der Waals surface area contributed by atoms with Crippen LogP contribution in [0.2, 0.25) is 0 Å². The van der Waals surface area contributed by atoms with Gasteiger partial charge >= 0.3 is 0 Å². The number of hydrogen-bond acceptors (Lipinski definition) is 2. The standard InChI is InChI=1S/C16H21N3/c1-11-8-12-13(17)9-16(2,3)10-14(12)19(11)15-6-4-5-7-18-15/h4-8,13H,9-10,17H2,1-3H3. The van der Waals surface area contributed by atoms with Crippen LogP contribution in [0, 0.1) is 12.3 Å². The van der Waals surface area contributed by atoms with Gasteiger partial charge in [-0.05, 0) is 48.9 Å². The molecule has 0 radical (unpaired) electrons. The first-order chi connectivity index (χ1) is 8.98. The molecule has 19 heavy (non-hydrogen) atoms. The molecule has 0 aromatic carbocycles. The molecule has 3 heteroatoms. The largest absolute Gasteiger partial charge is 0.324 e. The number of aromatic nitrogens is 2. The van der Waals surface area contributed by atoms with E-state index in [2.05, 4.69) is 42.5 Å². The Labute approximate surface area is 114 Å². The predicted octanol–water partition coefficient (Wildman–Crippen LogP) is 3.15. The Balaban J connectivity index is 2.18. The number of fused-ring (bicyclic) bond motifs is 1. The highest BCUT2D eigenvalue weighted by Crippen LogP contribution is 2.41. The summed E-state index contributed by atoms with van der Waals surface area (Å²) in [5.41, 5.74) is 10.4. The van der Waals surface area contributed by atoms with Gasteiger partial charge in [0.1, 0.15) is 5.82 Å². The molecule has 0 spiro atoms. The van der Waals surface area contributed by atoms with Gasteiger partial charge in [-0.15, -0.1) is 0 Å². The van der Waals surface area contributed by atoms with E-state index in [1.807, 2.05) is 18.3 Å². The Morgan fingerprint density at radius 3 is 2.84 bits per heavy atom. The molecule has 0 amide bonds. The summed E-state index contributed by atoms with van der Waals surface area (Å²) >= 11 is 0. The lowest BCUT2D eigenvalue weighted by Crippen LogP contribution is -2.30. The molecule has 3 rings (SSSR count). The predicted molar refractivity (Wildman–Crippen MR) is 77.3 cm³/mol. The van der Waals surface area contributed by atoms with Crippen LogP contribution in [0.1, 0.15) is 43.3 Å². The fourth-order valence-electron chi connectivity index (χ4n) is 3.25. The molecule has 0 saturated heterocycles. The van der Waals surface area contributed by atoms with Crippen LogP contribution in [0.4, 0.5) is 0 Å². The summed E-state index contributed by atoms with van der Waals surface area (Å²) < 4.78 is 2.26. The third-order valence-electron chi connectivity index (χ3n) is 4.02. The van der Waals surface area contributed by atoms with Crippen LogP contribution >= 0.6 is 0 Å². The van der Waals surface area contributed by atoms with Crippen LogP contribution in [0.15, 0.2) is 30.5 Å². The zero-order chi connectivity index (χ0) is 13.6. The maximum Gasteiger partial charge on any atom is 0.136 e. The first kappa shape index (κ1) is 12.4. The maximum atomic E-state index is 6.35. The van der Waals surface area contributed by atoms with Crippen molar-refractivity contribution in [2.75, 3.05) is 0 Å². The Hall–Kier alpha value is -1.61. The second kappa shape index (κ2) is 4.20. The Morgan fingerprint density at radius 1 is 1.37 bits per heavy atom. The van der Waals surface area contributed by atoms with Gasteiger partial charge in [-0.25, -0.2) is 4.98 Å². The average Bonchev–Trinajstić information content (AvgIpc) is 2.65. The topological polar surface area (TPSA) is 43.8 Å². The maximum absolute atomic E-state index is 6.35. The highest BCUT2D eigenvalue weighted by atomic mass is 15.1. The summed E-state index contributed by atoms with van der Waals surface area (Å²) in [4.78, 5) is 4.49. The molecule has 2 aromatic rings. The van der Waals surface area contributed by atoms with Gasteiger partial charge in [0.05, 0.1) is 0 Å². The first-order valence-corrected chi connectivity index (χ1v) is 6.86. The van der Waals surface area contributed by atoms with E-state index in [-0.39, 0.29) is 11.5 Å². The van der Waals surface area contributed by atoms with Crippen LogP contribution in [0.3, 0.4) is 0 Å². The van der Waals surface area contributed by atoms with Crippen molar-refractivity contribution in [2.45, 2.75) is 39.7 Å². The zero-order valence-corrected chi connectivity index (χ0v) is 11.9. The van der Waals surface area contributed by atoms with E-state index in [4.69, 9.17) is 5.73 Å². The molecule has 0 aliphatic heterocycles. The van der Waals surface area contributed by atoms with Gasteiger partial charge in [0, 0.05) is 23.6 Å². The van der Waals surface area contributed by atoms with Crippen molar-refractivity contribution < 1.29 is 0 Å². The first-order valence-electron chi connectivity index (χ1n) is 6.86. The van der Waals surface area contributed by atoms with Gasteiger partial charge in [0.2, 0.25) is 0 Å². The van der Waals surface area contributed by atoms with E-state index in [1.165, 1.54) is 17.0 Å². The van der Waals surface area contributed by atoms with Gasteiger partial charge in [-0.3, -0.25) is 0 Å². The van der Waals surface area contributed by atoms with Gasteiger partial charge in [0.15, 0.2) is 0 Å². The number of nitrogens with two attached hydrogens (primary N) is 1. The normalized spacial score (nSPS) is 21.2. The van der Waals surface area contributed by atoms with Crippen molar-refractivity contribution >= 4 is 0 Å². The minimum atomic E-state index is 0.141. The van der Waals surface area contributed by atoms with E-state index in [0.29, 0.717) is 0 Å². The molecule has 3 nitrogen and oxygen atoms in total. The van der Waals surface area contributed by atoms with E-state index in [9.17, 15) is 0 Å². The van der Waals surface area contributed by atoms with Gasteiger partial charge < -0.3 is 10.3 Å². The molecular formula is C16H21N3. The Morgan fingerprint density at radius 2 is 2.16 bits per heavy atom. The summed E-state index contributed by atoms with van der Waals surface area (Å²) in [6.07, 6.45) is 3.95. The van der Waals surface area contributed by atoms with Crippen molar-refractivity contribution in [1.29, 1.82) is 0 Å². The van der Waals surface area contributed by atoms with Gasteiger partial charge in [0.25, 0.3) is 0 Å². The lowest BCUT2D eigenvalue weighted by Gasteiger charge is -2.34. The van der Waals surface area contributed by atoms with E-state index in [1.54, 1.807) is 0 Å². The van der Waals surface area contributed by atoms with E-state index < -0.39 is 0 Å². The molecule has 1 unspecified atom stereocenters. The summed E-state index contributed by atoms with van der Waals surface area (Å²) in [7, 11) is 0. The highest BCUT2D eigenvalue weighted by molar-refractivity contribution is 5.40. The molecule has 0 saturated carbocycles. The fourth-order valence-corrected chi connectivity index (χ4v) is 3.25. The average molecular weight is 255 g/mol. The van der Waals surface area contributed by atoms with Crippen molar-refractivity contribution in [2.24, 2.45) is 11.1 Å². The van der Waals surface area contributed by atoms with Crippen LogP contribution in [0.5, 0.6) is 0 Å². The molecular weight excluding hydrogens is 234 g/mol. The third-order valence-corrected chi connectivity index (χ3v) is 4.02. The smallest absolute Gasteiger partial charge is 0.136 e. The van der Waals surface area contributed by atoms with Crippen LogP contribution < -0.4 is 5.73 Å². The van der Waals surface area contributed by atoms with Crippen molar-refractivity contribution in [3.63, 3.8) is 0 Å². The van der Waals surface area contributed by atoms with Crippen molar-refractivity contribution in [1.82, 2.24) is 9.55 Å². The van der Waals surface area contributed by atoms with E-state index >= 15 is 0 Å². The molecule has 1 atom stereocenters. The number of nitrogens with zero attached hydrogens (tertiary/aromatic N) is 2. The van der Waals surface area contributed by atoms with Gasteiger partial charge in [-0.2, -0.15) is 0 Å². The molecule has 1 aliphatic carbocycles. The molecule has 2 heterocycles. The van der Waals surface area contributed by atoms with Crippen molar-refractivity contribution in [3.8, 4) is 5.82 Å². The molecule has 2 aromatic heterocycles.